The minimum absolute atomic E-state index is 0.874. The van der Waals surface area contributed by atoms with Crippen LogP contribution < -0.4 is 4.90 Å². The summed E-state index contributed by atoms with van der Waals surface area (Å²) in [6.45, 7) is 0. The molecule has 0 atom stereocenters. The van der Waals surface area contributed by atoms with Gasteiger partial charge >= 0.3 is 0 Å². The summed E-state index contributed by atoms with van der Waals surface area (Å²) in [5, 5.41) is 5.69. The fourth-order valence-corrected chi connectivity index (χ4v) is 9.11. The van der Waals surface area contributed by atoms with Gasteiger partial charge in [-0.2, -0.15) is 0 Å². The molecule has 0 aliphatic carbocycles. The third-order valence-electron chi connectivity index (χ3n) is 10.9. The van der Waals surface area contributed by atoms with E-state index in [1.54, 1.807) is 11.3 Å². The summed E-state index contributed by atoms with van der Waals surface area (Å²) in [5.74, 6) is 0. The molecule has 0 spiro atoms. The molecule has 11 aromatic rings. The van der Waals surface area contributed by atoms with Gasteiger partial charge in [-0.1, -0.05) is 152 Å². The molecule has 4 heteroatoms. The molecular weight excluding hydrogens is 713 g/mol. The monoisotopic (exact) mass is 746 g/mol. The smallest absolute Gasteiger partial charge is 0.137 e. The van der Waals surface area contributed by atoms with Crippen LogP contribution in [-0.2, 0) is 0 Å². The molecule has 0 saturated carbocycles. The summed E-state index contributed by atoms with van der Waals surface area (Å²) >= 11 is 1.70. The third kappa shape index (κ3) is 5.95. The lowest BCUT2D eigenvalue weighted by Crippen LogP contribution is -2.09. The Morgan fingerprint density at radius 2 is 0.947 bits per heavy atom. The maximum atomic E-state index is 6.49. The zero-order valence-electron chi connectivity index (χ0n) is 30.8. The molecule has 268 valence electrons. The lowest BCUT2D eigenvalue weighted by molar-refractivity contribution is 0.669. The summed E-state index contributed by atoms with van der Waals surface area (Å²) in [4.78, 5) is 7.38. The molecule has 0 amide bonds. The van der Waals surface area contributed by atoms with Crippen LogP contribution >= 0.6 is 11.3 Å². The van der Waals surface area contributed by atoms with Gasteiger partial charge in [0.1, 0.15) is 16.2 Å². The first-order valence-electron chi connectivity index (χ1n) is 19.2. The van der Waals surface area contributed by atoms with Gasteiger partial charge in [0.25, 0.3) is 0 Å². The van der Waals surface area contributed by atoms with Gasteiger partial charge in [0, 0.05) is 39.5 Å². The SMILES string of the molecule is c1ccc(-c2ccc(N(c3ccc(-c4cccc5ccccc45)cc3)c3ccc(-c4cccc5oc6cc7sc(-c8ccccc8)nc7cc6c45)cc3)cc2)cc1. The predicted molar refractivity (Wildman–Crippen MR) is 241 cm³/mol. The highest BCUT2D eigenvalue weighted by Gasteiger charge is 2.18. The van der Waals surface area contributed by atoms with Gasteiger partial charge in [-0.05, 0) is 92.7 Å². The Kier molecular flexibility index (Phi) is 8.01. The number of hydrogen-bond acceptors (Lipinski definition) is 4. The van der Waals surface area contributed by atoms with Crippen LogP contribution in [0, 0.1) is 0 Å². The van der Waals surface area contributed by atoms with E-state index in [0.29, 0.717) is 0 Å². The molecule has 2 aromatic heterocycles. The van der Waals surface area contributed by atoms with Gasteiger partial charge < -0.3 is 9.32 Å². The highest BCUT2D eigenvalue weighted by atomic mass is 32.1. The highest BCUT2D eigenvalue weighted by molar-refractivity contribution is 7.21. The second-order valence-electron chi connectivity index (χ2n) is 14.4. The lowest BCUT2D eigenvalue weighted by atomic mass is 9.97. The molecule has 11 rings (SSSR count). The van der Waals surface area contributed by atoms with Crippen LogP contribution in [0.3, 0.4) is 0 Å². The molecule has 0 radical (unpaired) electrons. The van der Waals surface area contributed by atoms with Gasteiger partial charge in [-0.3, -0.25) is 0 Å². The Morgan fingerprint density at radius 3 is 1.65 bits per heavy atom. The first kappa shape index (κ1) is 33.1. The van der Waals surface area contributed by atoms with Crippen molar-refractivity contribution in [1.82, 2.24) is 4.98 Å². The summed E-state index contributed by atoms with van der Waals surface area (Å²) in [6.07, 6.45) is 0. The summed E-state index contributed by atoms with van der Waals surface area (Å²) in [5.41, 5.74) is 14.2. The topological polar surface area (TPSA) is 29.3 Å². The molecule has 0 bridgehead atoms. The van der Waals surface area contributed by atoms with Gasteiger partial charge in [-0.25, -0.2) is 4.98 Å². The number of hydrogen-bond donors (Lipinski definition) is 0. The Hall–Kier alpha value is -7.27. The van der Waals surface area contributed by atoms with E-state index >= 15 is 0 Å². The zero-order valence-corrected chi connectivity index (χ0v) is 31.7. The number of nitrogens with zero attached hydrogens (tertiary/aromatic N) is 2. The lowest BCUT2D eigenvalue weighted by Gasteiger charge is -2.26. The Balaban J connectivity index is 0.989. The van der Waals surface area contributed by atoms with Crippen molar-refractivity contribution in [2.45, 2.75) is 0 Å². The van der Waals surface area contributed by atoms with Crippen LogP contribution in [-0.4, -0.2) is 4.98 Å². The van der Waals surface area contributed by atoms with Crippen molar-refractivity contribution < 1.29 is 4.42 Å². The minimum atomic E-state index is 0.874. The second-order valence-corrected chi connectivity index (χ2v) is 15.4. The molecule has 2 heterocycles. The number of thiazole rings is 1. The van der Waals surface area contributed by atoms with E-state index in [0.717, 1.165) is 70.9 Å². The molecule has 0 fully saturated rings. The van der Waals surface area contributed by atoms with Gasteiger partial charge in [0.15, 0.2) is 0 Å². The largest absolute Gasteiger partial charge is 0.456 e. The molecule has 0 aliphatic rings. The molecule has 0 N–H and O–H groups in total. The molecule has 0 saturated heterocycles. The number of rotatable bonds is 7. The van der Waals surface area contributed by atoms with E-state index in [1.165, 1.54) is 33.0 Å². The number of furan rings is 1. The van der Waals surface area contributed by atoms with Crippen LogP contribution in [0.1, 0.15) is 0 Å². The minimum Gasteiger partial charge on any atom is -0.456 e. The Bertz CT molecular complexity index is 3200. The van der Waals surface area contributed by atoms with E-state index in [4.69, 9.17) is 9.40 Å². The third-order valence-corrected chi connectivity index (χ3v) is 12.0. The molecule has 9 aromatic carbocycles. The van der Waals surface area contributed by atoms with E-state index in [2.05, 4.69) is 205 Å². The predicted octanol–water partition coefficient (Wildman–Crippen LogP) is 15.5. The Morgan fingerprint density at radius 1 is 0.404 bits per heavy atom. The molecule has 0 unspecified atom stereocenters. The quantitative estimate of drug-likeness (QED) is 0.163. The normalized spacial score (nSPS) is 11.5. The van der Waals surface area contributed by atoms with Crippen molar-refractivity contribution in [2.24, 2.45) is 0 Å². The number of anilines is 3. The van der Waals surface area contributed by atoms with Crippen molar-refractivity contribution in [3.05, 3.63) is 206 Å². The molecule has 3 nitrogen and oxygen atoms in total. The first-order valence-corrected chi connectivity index (χ1v) is 20.0. The van der Waals surface area contributed by atoms with Crippen molar-refractivity contribution in [3.63, 3.8) is 0 Å². The van der Waals surface area contributed by atoms with Gasteiger partial charge in [0.2, 0.25) is 0 Å². The van der Waals surface area contributed by atoms with Crippen LogP contribution in [0.5, 0.6) is 0 Å². The summed E-state index contributed by atoms with van der Waals surface area (Å²) < 4.78 is 7.61. The average Bonchev–Trinajstić information content (AvgIpc) is 3.87. The van der Waals surface area contributed by atoms with E-state index in [1.807, 2.05) is 6.07 Å². The van der Waals surface area contributed by atoms with Crippen LogP contribution in [0.25, 0.3) is 86.9 Å². The number of aromatic nitrogens is 1. The maximum Gasteiger partial charge on any atom is 0.137 e. The fraction of sp³-hybridized carbons (Fsp3) is 0. The highest BCUT2D eigenvalue weighted by Crippen LogP contribution is 2.42. The molecule has 57 heavy (non-hydrogen) atoms. The fourth-order valence-electron chi connectivity index (χ4n) is 8.13. The Labute approximate surface area is 334 Å². The van der Waals surface area contributed by atoms with Gasteiger partial charge in [-0.15, -0.1) is 11.3 Å². The second kappa shape index (κ2) is 13.8. The van der Waals surface area contributed by atoms with Crippen molar-refractivity contribution >= 4 is 71.3 Å². The van der Waals surface area contributed by atoms with E-state index < -0.39 is 0 Å². The number of benzene rings is 9. The van der Waals surface area contributed by atoms with Crippen LogP contribution in [0.2, 0.25) is 0 Å². The van der Waals surface area contributed by atoms with Crippen molar-refractivity contribution in [3.8, 4) is 44.0 Å². The summed E-state index contributed by atoms with van der Waals surface area (Å²) in [7, 11) is 0. The van der Waals surface area contributed by atoms with E-state index in [9.17, 15) is 0 Å². The van der Waals surface area contributed by atoms with Crippen molar-refractivity contribution in [1.29, 1.82) is 0 Å². The van der Waals surface area contributed by atoms with Crippen molar-refractivity contribution in [2.75, 3.05) is 4.90 Å². The molecule has 0 aliphatic heterocycles. The summed E-state index contributed by atoms with van der Waals surface area (Å²) in [6, 6.07) is 73.4. The number of fused-ring (bicyclic) bond motifs is 5. The standard InChI is InChI=1S/C53H34N2OS/c1-3-11-35(12-4-1)36-21-27-41(28-22-36)55(42-29-23-38(24-30-42)45-18-9-16-37-13-7-8-17-44(37)45)43-31-25-39(26-32-43)46-19-10-20-49-52(46)47-33-48-51(34-50(47)56-49)57-53(54-48)40-14-5-2-6-15-40/h1-34H. The van der Waals surface area contributed by atoms with Crippen LogP contribution in [0.15, 0.2) is 211 Å². The van der Waals surface area contributed by atoms with Crippen LogP contribution in [0.4, 0.5) is 17.1 Å². The maximum absolute atomic E-state index is 6.49. The zero-order chi connectivity index (χ0) is 37.7. The molecular formula is C53H34N2OS. The van der Waals surface area contributed by atoms with E-state index in [-0.39, 0.29) is 0 Å². The average molecular weight is 747 g/mol. The first-order chi connectivity index (χ1) is 28.2. The van der Waals surface area contributed by atoms with Gasteiger partial charge in [0.05, 0.1) is 10.2 Å².